The first kappa shape index (κ1) is 69.0. The molecule has 0 saturated heterocycles. The van der Waals surface area contributed by atoms with Gasteiger partial charge >= 0.3 is 19.8 Å². The Morgan fingerprint density at radius 3 is 1.17 bits per heavy atom. The Morgan fingerprint density at radius 2 is 0.775 bits per heavy atom. The number of carbonyl (C=O) groups is 3. The summed E-state index contributed by atoms with van der Waals surface area (Å²) >= 11 is 0. The Morgan fingerprint density at radius 1 is 0.451 bits per heavy atom. The van der Waals surface area contributed by atoms with E-state index in [9.17, 15) is 34.1 Å². The number of aliphatic carboxylic acids is 1. The summed E-state index contributed by atoms with van der Waals surface area (Å²) in [4.78, 5) is 46.3. The number of carbonyl (C=O) groups excluding carboxylic acids is 2. The Hall–Kier alpha value is -2.04. The van der Waals surface area contributed by atoms with E-state index in [1.165, 1.54) is 218 Å². The van der Waals surface area contributed by atoms with Crippen LogP contribution >= 0.6 is 7.82 Å². The van der Waals surface area contributed by atoms with Gasteiger partial charge in [-0.15, -0.1) is 0 Å². The smallest absolute Gasteiger partial charge is 0.472 e. The van der Waals surface area contributed by atoms with E-state index < -0.39 is 57.6 Å². The maximum Gasteiger partial charge on any atom is 0.472 e. The van der Waals surface area contributed by atoms with Gasteiger partial charge in [0, 0.05) is 12.8 Å². The molecule has 418 valence electrons. The minimum atomic E-state index is -4.76. The lowest BCUT2D eigenvalue weighted by Crippen LogP contribution is -2.43. The van der Waals surface area contributed by atoms with Crippen LogP contribution < -0.4 is 5.32 Å². The molecule has 3 atom stereocenters. The second kappa shape index (κ2) is 54.2. The predicted octanol–water partition coefficient (Wildman–Crippen LogP) is 17.3. The molecule has 11 nitrogen and oxygen atoms in total. The average Bonchev–Trinajstić information content (AvgIpc) is 3.35. The fourth-order valence-corrected chi connectivity index (χ4v) is 9.65. The van der Waals surface area contributed by atoms with E-state index in [4.69, 9.17) is 13.8 Å². The third-order valence-corrected chi connectivity index (χ3v) is 14.4. The molecule has 0 fully saturated rings. The largest absolute Gasteiger partial charge is 0.480 e. The quantitative estimate of drug-likeness (QED) is 0.0199. The number of aliphatic hydroxyl groups excluding tert-OH is 1. The fourth-order valence-electron chi connectivity index (χ4n) is 8.88. The van der Waals surface area contributed by atoms with Gasteiger partial charge < -0.3 is 25.2 Å². The summed E-state index contributed by atoms with van der Waals surface area (Å²) in [6.45, 7) is 2.64. The van der Waals surface area contributed by atoms with Gasteiger partial charge in [-0.3, -0.25) is 18.6 Å². The number of nitrogens with one attached hydrogen (secondary N) is 1. The van der Waals surface area contributed by atoms with Gasteiger partial charge in [0.15, 0.2) is 6.04 Å². The molecule has 0 bridgehead atoms. The summed E-state index contributed by atoms with van der Waals surface area (Å²) in [5.74, 6) is -2.35. The molecule has 0 aromatic rings. The highest BCUT2D eigenvalue weighted by atomic mass is 31.2. The number of aliphatic hydroxyl groups is 1. The number of esters is 1. The number of amides is 1. The number of hydrogen-bond donors (Lipinski definition) is 4. The van der Waals surface area contributed by atoms with Gasteiger partial charge in [0.05, 0.1) is 13.2 Å². The Kier molecular flexibility index (Phi) is 52.7. The zero-order valence-electron chi connectivity index (χ0n) is 46.1. The molecule has 12 heteroatoms. The van der Waals surface area contributed by atoms with Crippen LogP contribution in [0.25, 0.3) is 0 Å². The van der Waals surface area contributed by atoms with Crippen molar-refractivity contribution >= 4 is 25.7 Å². The first-order chi connectivity index (χ1) is 34.6. The maximum atomic E-state index is 12.4. The van der Waals surface area contributed by atoms with E-state index in [1.54, 1.807) is 0 Å². The minimum Gasteiger partial charge on any atom is -0.480 e. The first-order valence-corrected chi connectivity index (χ1v) is 31.4. The number of allylic oxidation sites excluding steroid dienone is 4. The van der Waals surface area contributed by atoms with Crippen molar-refractivity contribution in [2.45, 2.75) is 315 Å². The van der Waals surface area contributed by atoms with Crippen LogP contribution in [0, 0.1) is 0 Å². The molecule has 0 aromatic carbocycles. The van der Waals surface area contributed by atoms with Gasteiger partial charge in [-0.2, -0.15) is 0 Å². The fraction of sp³-hybridized carbons (Fsp3) is 0.881. The summed E-state index contributed by atoms with van der Waals surface area (Å²) in [5.41, 5.74) is 0. The highest BCUT2D eigenvalue weighted by molar-refractivity contribution is 7.47. The lowest BCUT2D eigenvalue weighted by Gasteiger charge is -2.18. The molecule has 0 saturated carbocycles. The predicted molar refractivity (Wildman–Crippen MR) is 296 cm³/mol. The lowest BCUT2D eigenvalue weighted by molar-refractivity contribution is -0.147. The van der Waals surface area contributed by atoms with Crippen LogP contribution in [-0.4, -0.2) is 64.9 Å². The van der Waals surface area contributed by atoms with Gasteiger partial charge in [-0.1, -0.05) is 269 Å². The summed E-state index contributed by atoms with van der Waals surface area (Å²) in [6, 6.07) is -1.55. The number of carboxylic acids is 1. The van der Waals surface area contributed by atoms with Gasteiger partial charge in [0.2, 0.25) is 5.91 Å². The number of hydrogen-bond acceptors (Lipinski definition) is 8. The molecule has 0 aromatic heterocycles. The number of phosphoric acid groups is 1. The molecule has 0 heterocycles. The number of carboxylic acid groups (broad SMARTS) is 1. The van der Waals surface area contributed by atoms with Crippen molar-refractivity contribution in [1.29, 1.82) is 0 Å². The number of unbranched alkanes of at least 4 members (excludes halogenated alkanes) is 39. The third kappa shape index (κ3) is 54.1. The van der Waals surface area contributed by atoms with Crippen LogP contribution in [0.3, 0.4) is 0 Å². The van der Waals surface area contributed by atoms with E-state index in [1.807, 2.05) is 0 Å². The molecule has 4 N–H and O–H groups in total. The molecule has 3 unspecified atom stereocenters. The van der Waals surface area contributed by atoms with E-state index in [0.717, 1.165) is 44.9 Å². The van der Waals surface area contributed by atoms with Crippen LogP contribution in [0.2, 0.25) is 0 Å². The van der Waals surface area contributed by atoms with Crippen LogP contribution in [0.15, 0.2) is 24.3 Å². The van der Waals surface area contributed by atoms with Crippen LogP contribution in [0.1, 0.15) is 303 Å². The van der Waals surface area contributed by atoms with Crippen molar-refractivity contribution in [1.82, 2.24) is 5.32 Å². The maximum absolute atomic E-state index is 12.4. The second-order valence-corrected chi connectivity index (χ2v) is 22.0. The molecule has 0 aliphatic rings. The number of ether oxygens (including phenoxy) is 1. The zero-order chi connectivity index (χ0) is 52.0. The summed E-state index contributed by atoms with van der Waals surface area (Å²) in [7, 11) is -4.76. The van der Waals surface area contributed by atoms with Crippen molar-refractivity contribution < 1.29 is 47.8 Å². The lowest BCUT2D eigenvalue weighted by atomic mass is 10.0. The van der Waals surface area contributed by atoms with Crippen molar-refractivity contribution in [3.8, 4) is 0 Å². The van der Waals surface area contributed by atoms with Gasteiger partial charge in [-0.25, -0.2) is 9.36 Å². The average molecular weight is 1030 g/mol. The minimum absolute atomic E-state index is 0.147. The normalized spacial score (nSPS) is 13.5. The Bertz CT molecular complexity index is 1290. The molecule has 0 aliphatic carbocycles. The SMILES string of the molecule is CCCCC/C=C\C/C=C\CCCCCCCCCCCCCCCC(=O)NC(COP(=O)(O)OCC(O)COC(=O)CCCCCCCCCCCCCCCCCCCCCCCCCC)C(=O)O. The number of phosphoric ester groups is 1. The standard InChI is InChI=1S/C59H112NO10P/c1-3-5-7-9-11-13-15-17-19-21-23-25-27-29-31-33-35-37-39-41-43-45-47-49-51-58(63)68-52-55(61)53-69-71(66,67)70-54-56(59(64)65)60-57(62)50-48-46-44-42-40-38-36-34-32-30-28-26-24-22-20-18-16-14-12-10-8-6-4-2/h12,14,18,20,55-56,61H,3-11,13,15-17,19,21-54H2,1-2H3,(H,60,62)(H,64,65)(H,66,67)/b14-12-,20-18-. The Balaban J connectivity index is 3.72. The van der Waals surface area contributed by atoms with Crippen molar-refractivity contribution in [2.75, 3.05) is 19.8 Å². The van der Waals surface area contributed by atoms with E-state index in [-0.39, 0.29) is 12.8 Å². The highest BCUT2D eigenvalue weighted by Crippen LogP contribution is 2.43. The van der Waals surface area contributed by atoms with E-state index in [2.05, 4.69) is 43.5 Å². The number of rotatable bonds is 57. The highest BCUT2D eigenvalue weighted by Gasteiger charge is 2.28. The first-order valence-electron chi connectivity index (χ1n) is 29.9. The van der Waals surface area contributed by atoms with E-state index in [0.29, 0.717) is 12.8 Å². The molecule has 0 rings (SSSR count). The monoisotopic (exact) mass is 1030 g/mol. The van der Waals surface area contributed by atoms with Gasteiger partial charge in [0.25, 0.3) is 0 Å². The summed E-state index contributed by atoms with van der Waals surface area (Å²) in [5, 5.41) is 22.0. The molecular weight excluding hydrogens is 914 g/mol. The Labute approximate surface area is 436 Å². The van der Waals surface area contributed by atoms with Crippen LogP contribution in [-0.2, 0) is 32.7 Å². The topological polar surface area (TPSA) is 169 Å². The molecule has 0 aliphatic heterocycles. The summed E-state index contributed by atoms with van der Waals surface area (Å²) in [6.07, 6.45) is 62.1. The molecule has 71 heavy (non-hydrogen) atoms. The van der Waals surface area contributed by atoms with E-state index >= 15 is 0 Å². The van der Waals surface area contributed by atoms with Crippen LogP contribution in [0.5, 0.6) is 0 Å². The van der Waals surface area contributed by atoms with Gasteiger partial charge in [-0.05, 0) is 44.9 Å². The zero-order valence-corrected chi connectivity index (χ0v) is 46.9. The molecule has 0 spiro atoms. The van der Waals surface area contributed by atoms with Gasteiger partial charge in [0.1, 0.15) is 12.7 Å². The molecular formula is C59H112NO10P. The third-order valence-electron chi connectivity index (χ3n) is 13.5. The second-order valence-electron chi connectivity index (χ2n) is 20.5. The van der Waals surface area contributed by atoms with Crippen molar-refractivity contribution in [2.24, 2.45) is 0 Å². The molecule has 1 amide bonds. The van der Waals surface area contributed by atoms with Crippen LogP contribution in [0.4, 0.5) is 0 Å². The van der Waals surface area contributed by atoms with Crippen molar-refractivity contribution in [3.05, 3.63) is 24.3 Å². The van der Waals surface area contributed by atoms with Crippen molar-refractivity contribution in [3.63, 3.8) is 0 Å². The summed E-state index contributed by atoms with van der Waals surface area (Å²) < 4.78 is 27.1. The molecule has 0 radical (unpaired) electrons.